The van der Waals surface area contributed by atoms with Crippen LogP contribution in [0.3, 0.4) is 0 Å². The van der Waals surface area contributed by atoms with Crippen molar-refractivity contribution < 1.29 is 4.79 Å². The molecular weight excluding hydrogens is 374 g/mol. The summed E-state index contributed by atoms with van der Waals surface area (Å²) in [5.41, 5.74) is 1.26. The van der Waals surface area contributed by atoms with Gasteiger partial charge in [-0.05, 0) is 71.0 Å². The number of piperazine rings is 1. The second-order valence-corrected chi connectivity index (χ2v) is 10.2. The van der Waals surface area contributed by atoms with Crippen molar-refractivity contribution in [1.82, 2.24) is 19.8 Å². The maximum Gasteiger partial charge on any atom is 0.225 e. The molecule has 3 fully saturated rings. The maximum absolute atomic E-state index is 12.3. The number of Topliss-reactive ketones (excluding diaryl/α,β-unsaturated/α-hetero) is 1. The highest BCUT2D eigenvalue weighted by molar-refractivity contribution is 5.85. The minimum Gasteiger partial charge on any atom is -0.332 e. The number of anilines is 1. The Morgan fingerprint density at radius 3 is 1.97 bits per heavy atom. The van der Waals surface area contributed by atoms with Crippen LogP contribution in [0.2, 0.25) is 0 Å². The Balaban J connectivity index is 1.36. The first-order valence-electron chi connectivity index (χ1n) is 12.0. The van der Waals surface area contributed by atoms with Gasteiger partial charge in [-0.1, -0.05) is 13.8 Å². The molecule has 3 aliphatic heterocycles. The number of carbonyl (C=O) groups is 1. The summed E-state index contributed by atoms with van der Waals surface area (Å²) >= 11 is 0. The lowest BCUT2D eigenvalue weighted by Gasteiger charge is -2.42. The van der Waals surface area contributed by atoms with Gasteiger partial charge in [0.2, 0.25) is 5.95 Å². The fourth-order valence-electron chi connectivity index (χ4n) is 5.64. The fourth-order valence-corrected chi connectivity index (χ4v) is 5.64. The zero-order valence-corrected chi connectivity index (χ0v) is 19.4. The van der Waals surface area contributed by atoms with Gasteiger partial charge in [0.15, 0.2) is 5.78 Å². The van der Waals surface area contributed by atoms with E-state index in [4.69, 9.17) is 9.97 Å². The number of hydrogen-bond donors (Lipinski definition) is 0. The molecule has 0 saturated carbocycles. The first kappa shape index (κ1) is 21.7. The summed E-state index contributed by atoms with van der Waals surface area (Å²) in [4.78, 5) is 29.4. The zero-order chi connectivity index (χ0) is 21.4. The molecule has 166 valence electrons. The highest BCUT2D eigenvalue weighted by Gasteiger charge is 2.41. The van der Waals surface area contributed by atoms with Crippen LogP contribution in [0, 0.1) is 5.92 Å². The molecule has 4 rings (SSSR count). The molecule has 3 atom stereocenters. The Morgan fingerprint density at radius 1 is 0.900 bits per heavy atom. The Kier molecular flexibility index (Phi) is 6.44. The normalized spacial score (nSPS) is 27.2. The van der Waals surface area contributed by atoms with E-state index in [1.54, 1.807) is 0 Å². The standard InChI is InChI=1S/C24H39N5O/c1-16(2)23(30)18(5)27-10-8-19(9-11-27)20-12-25-24(26-13-20)29-21-6-7-22(29)15-28(14-21)17(3)4/h12-13,16-19,21-22H,6-11,14-15H2,1-5H3/t18-,21?,22?/m1/s1. The molecular formula is C24H39N5O. The van der Waals surface area contributed by atoms with Gasteiger partial charge < -0.3 is 4.90 Å². The molecule has 0 amide bonds. The van der Waals surface area contributed by atoms with E-state index in [1.165, 1.54) is 18.4 Å². The van der Waals surface area contributed by atoms with E-state index >= 15 is 0 Å². The van der Waals surface area contributed by atoms with Crippen LogP contribution in [0.25, 0.3) is 0 Å². The van der Waals surface area contributed by atoms with Gasteiger partial charge in [-0.2, -0.15) is 0 Å². The molecule has 3 saturated heterocycles. The third kappa shape index (κ3) is 4.26. The molecule has 0 N–H and O–H groups in total. The first-order valence-corrected chi connectivity index (χ1v) is 12.0. The number of hydrogen-bond acceptors (Lipinski definition) is 6. The van der Waals surface area contributed by atoms with Crippen molar-refractivity contribution in [2.24, 2.45) is 5.92 Å². The summed E-state index contributed by atoms with van der Waals surface area (Å²) in [6.07, 6.45) is 8.81. The summed E-state index contributed by atoms with van der Waals surface area (Å²) in [5.74, 6) is 1.89. The molecule has 1 aromatic heterocycles. The van der Waals surface area contributed by atoms with Crippen molar-refractivity contribution in [1.29, 1.82) is 0 Å². The quantitative estimate of drug-likeness (QED) is 0.713. The van der Waals surface area contributed by atoms with Crippen LogP contribution in [0.1, 0.15) is 71.8 Å². The Morgan fingerprint density at radius 2 is 1.47 bits per heavy atom. The molecule has 2 bridgehead atoms. The molecule has 1 aromatic rings. The molecule has 0 aliphatic carbocycles. The lowest BCUT2D eigenvalue weighted by molar-refractivity contribution is -0.127. The van der Waals surface area contributed by atoms with Gasteiger partial charge >= 0.3 is 0 Å². The molecule has 30 heavy (non-hydrogen) atoms. The second-order valence-electron chi connectivity index (χ2n) is 10.2. The molecule has 6 heteroatoms. The Bertz CT molecular complexity index is 712. The highest BCUT2D eigenvalue weighted by Crippen LogP contribution is 2.34. The van der Waals surface area contributed by atoms with Crippen molar-refractivity contribution in [2.45, 2.75) is 90.4 Å². The number of likely N-dealkylation sites (tertiary alicyclic amines) is 2. The van der Waals surface area contributed by atoms with Crippen LogP contribution < -0.4 is 4.90 Å². The minimum absolute atomic E-state index is 0.0320. The number of ketones is 1. The number of piperidine rings is 1. The Labute approximate surface area is 182 Å². The van der Waals surface area contributed by atoms with Crippen molar-refractivity contribution >= 4 is 11.7 Å². The second kappa shape index (κ2) is 8.91. The predicted octanol–water partition coefficient (Wildman–Crippen LogP) is 3.33. The summed E-state index contributed by atoms with van der Waals surface area (Å²) < 4.78 is 0. The summed E-state index contributed by atoms with van der Waals surface area (Å²) in [6, 6.07) is 1.76. The summed E-state index contributed by atoms with van der Waals surface area (Å²) in [5, 5.41) is 0. The van der Waals surface area contributed by atoms with Crippen LogP contribution in [0.5, 0.6) is 0 Å². The van der Waals surface area contributed by atoms with Crippen LogP contribution in [0.15, 0.2) is 12.4 Å². The van der Waals surface area contributed by atoms with E-state index < -0.39 is 0 Å². The fraction of sp³-hybridized carbons (Fsp3) is 0.792. The van der Waals surface area contributed by atoms with E-state index in [0.717, 1.165) is 45.0 Å². The predicted molar refractivity (Wildman–Crippen MR) is 121 cm³/mol. The molecule has 4 heterocycles. The summed E-state index contributed by atoms with van der Waals surface area (Å²) in [7, 11) is 0. The van der Waals surface area contributed by atoms with Gasteiger partial charge in [-0.15, -0.1) is 0 Å². The molecule has 0 aromatic carbocycles. The average molecular weight is 414 g/mol. The van der Waals surface area contributed by atoms with Gasteiger partial charge in [0.1, 0.15) is 0 Å². The molecule has 2 unspecified atom stereocenters. The molecule has 6 nitrogen and oxygen atoms in total. The summed E-state index contributed by atoms with van der Waals surface area (Å²) in [6.45, 7) is 14.9. The number of aromatic nitrogens is 2. The lowest BCUT2D eigenvalue weighted by atomic mass is 9.89. The number of fused-ring (bicyclic) bond motifs is 2. The Hall–Kier alpha value is -1.53. The van der Waals surface area contributed by atoms with Crippen molar-refractivity contribution in [3.05, 3.63) is 18.0 Å². The van der Waals surface area contributed by atoms with E-state index in [2.05, 4.69) is 47.9 Å². The van der Waals surface area contributed by atoms with Crippen molar-refractivity contribution in [2.75, 3.05) is 31.1 Å². The van der Waals surface area contributed by atoms with Crippen LogP contribution in [-0.4, -0.2) is 75.9 Å². The van der Waals surface area contributed by atoms with Gasteiger partial charge in [0, 0.05) is 49.5 Å². The topological polar surface area (TPSA) is 52.6 Å². The minimum atomic E-state index is 0.0320. The first-order chi connectivity index (χ1) is 14.3. The van der Waals surface area contributed by atoms with E-state index in [0.29, 0.717) is 29.8 Å². The van der Waals surface area contributed by atoms with E-state index in [1.807, 2.05) is 13.8 Å². The molecule has 3 aliphatic rings. The third-order valence-corrected chi connectivity index (χ3v) is 7.66. The number of rotatable bonds is 6. The number of carbonyl (C=O) groups excluding carboxylic acids is 1. The largest absolute Gasteiger partial charge is 0.332 e. The van der Waals surface area contributed by atoms with E-state index in [-0.39, 0.29) is 12.0 Å². The van der Waals surface area contributed by atoms with Gasteiger partial charge in [0.05, 0.1) is 6.04 Å². The maximum atomic E-state index is 12.3. The van der Waals surface area contributed by atoms with Gasteiger partial charge in [-0.25, -0.2) is 9.97 Å². The highest BCUT2D eigenvalue weighted by atomic mass is 16.1. The smallest absolute Gasteiger partial charge is 0.225 e. The van der Waals surface area contributed by atoms with E-state index in [9.17, 15) is 4.79 Å². The number of nitrogens with zero attached hydrogens (tertiary/aromatic N) is 5. The lowest BCUT2D eigenvalue weighted by Crippen LogP contribution is -2.56. The van der Waals surface area contributed by atoms with Crippen molar-refractivity contribution in [3.8, 4) is 0 Å². The van der Waals surface area contributed by atoms with Crippen LogP contribution in [0.4, 0.5) is 5.95 Å². The average Bonchev–Trinajstić information content (AvgIpc) is 3.01. The van der Waals surface area contributed by atoms with Gasteiger partial charge in [0.25, 0.3) is 0 Å². The zero-order valence-electron chi connectivity index (χ0n) is 19.4. The van der Waals surface area contributed by atoms with Crippen LogP contribution >= 0.6 is 0 Å². The van der Waals surface area contributed by atoms with Crippen LogP contribution in [-0.2, 0) is 4.79 Å². The van der Waals surface area contributed by atoms with Gasteiger partial charge in [-0.3, -0.25) is 14.6 Å². The monoisotopic (exact) mass is 413 g/mol. The third-order valence-electron chi connectivity index (χ3n) is 7.66. The molecule has 0 spiro atoms. The van der Waals surface area contributed by atoms with Crippen molar-refractivity contribution in [3.63, 3.8) is 0 Å². The SMILES string of the molecule is CC(C)C(=O)[C@@H](C)N1CCC(c2cnc(N3C4CCC3CN(C(C)C)C4)nc2)CC1. The molecule has 0 radical (unpaired) electrons.